The fourth-order valence-electron chi connectivity index (χ4n) is 2.42. The molecule has 0 aromatic heterocycles. The molecule has 3 atom stereocenters. The van der Waals surface area contributed by atoms with Crippen molar-refractivity contribution in [1.29, 1.82) is 0 Å². The molecule has 1 aromatic rings. The summed E-state index contributed by atoms with van der Waals surface area (Å²) in [7, 11) is -4.09. The van der Waals surface area contributed by atoms with E-state index in [2.05, 4.69) is 0 Å². The van der Waals surface area contributed by atoms with Crippen LogP contribution in [0.15, 0.2) is 29.2 Å². The maximum atomic E-state index is 12.8. The van der Waals surface area contributed by atoms with Crippen LogP contribution in [0.3, 0.4) is 0 Å². The fourth-order valence-corrected chi connectivity index (χ4v) is 5.53. The fraction of sp³-hybridized carbons (Fsp3) is 0.571. The Bertz CT molecular complexity index is 623. The number of rotatable bonds is 5. The van der Waals surface area contributed by atoms with Crippen LogP contribution in [0.5, 0.6) is 0 Å². The van der Waals surface area contributed by atoms with Crippen molar-refractivity contribution >= 4 is 18.3 Å². The van der Waals surface area contributed by atoms with Crippen LogP contribution in [0.2, 0.25) is 19.6 Å². The summed E-state index contributed by atoms with van der Waals surface area (Å²) >= 11 is 0. The normalized spacial score (nSPS) is 29.4. The summed E-state index contributed by atoms with van der Waals surface area (Å²) in [6.45, 7) is 9.75. The van der Waals surface area contributed by atoms with Gasteiger partial charge in [-0.1, -0.05) is 17.7 Å². The van der Waals surface area contributed by atoms with Gasteiger partial charge < -0.3 is 9.16 Å². The number of sulfonamides is 1. The summed E-state index contributed by atoms with van der Waals surface area (Å²) in [6.07, 6.45) is 0. The minimum Gasteiger partial charge on any atom is -0.377 e. The Morgan fingerprint density at radius 2 is 1.71 bits per heavy atom. The summed E-state index contributed by atoms with van der Waals surface area (Å²) in [6, 6.07) is 6.47. The molecule has 1 fully saturated rings. The van der Waals surface area contributed by atoms with Crippen molar-refractivity contribution in [2.45, 2.75) is 50.3 Å². The molecule has 0 amide bonds. The monoisotopic (exact) mass is 329 g/mol. The zero-order valence-corrected chi connectivity index (χ0v) is 15.2. The van der Waals surface area contributed by atoms with Gasteiger partial charge in [0.05, 0.1) is 10.9 Å². The van der Waals surface area contributed by atoms with Crippen LogP contribution in [0.4, 0.5) is 0 Å². The Balaban J connectivity index is 2.35. The third-order valence-corrected chi connectivity index (χ3v) is 6.30. The zero-order valence-electron chi connectivity index (χ0n) is 13.4. The second-order valence-electron chi connectivity index (χ2n) is 6.34. The highest BCUT2D eigenvalue weighted by atomic mass is 32.2. The van der Waals surface area contributed by atoms with Gasteiger partial charge in [-0.05, 0) is 45.6 Å². The molecule has 2 rings (SSSR count). The molecule has 1 aromatic carbocycles. The lowest BCUT2D eigenvalue weighted by atomic mass is 10.2. The second kappa shape index (κ2) is 5.17. The van der Waals surface area contributed by atoms with Gasteiger partial charge in [-0.25, -0.2) is 8.42 Å². The number of ether oxygens (including phenoxy) is 1. The van der Waals surface area contributed by atoms with Gasteiger partial charge in [0, 0.05) is 7.11 Å². The van der Waals surface area contributed by atoms with Gasteiger partial charge in [-0.15, -0.1) is 4.31 Å². The molecule has 7 heteroatoms. The van der Waals surface area contributed by atoms with Crippen molar-refractivity contribution in [1.82, 2.24) is 4.31 Å². The van der Waals surface area contributed by atoms with Gasteiger partial charge in [0.1, 0.15) is 0 Å². The first-order valence-electron chi connectivity index (χ1n) is 6.91. The van der Waals surface area contributed by atoms with E-state index in [1.165, 1.54) is 11.4 Å². The van der Waals surface area contributed by atoms with Crippen molar-refractivity contribution in [3.63, 3.8) is 0 Å². The largest absolute Gasteiger partial charge is 0.377 e. The number of hydrogen-bond donors (Lipinski definition) is 0. The van der Waals surface area contributed by atoms with E-state index in [9.17, 15) is 8.42 Å². The predicted molar refractivity (Wildman–Crippen MR) is 83.8 cm³/mol. The van der Waals surface area contributed by atoms with Crippen LogP contribution < -0.4 is 0 Å². The summed E-state index contributed by atoms with van der Waals surface area (Å²) in [5.74, 6) is -1.16. The molecule has 1 aliphatic rings. The number of aryl methyl sites for hydroxylation is 1. The van der Waals surface area contributed by atoms with Crippen LogP contribution >= 0.6 is 0 Å². The van der Waals surface area contributed by atoms with Crippen molar-refractivity contribution in [2.75, 3.05) is 7.11 Å². The maximum absolute atomic E-state index is 12.8. The minimum atomic E-state index is -3.62. The molecule has 0 saturated carbocycles. The molecule has 0 spiro atoms. The summed E-state index contributed by atoms with van der Waals surface area (Å²) in [4.78, 5) is 0.262. The quantitative estimate of drug-likeness (QED) is 0.473. The van der Waals surface area contributed by atoms with Crippen molar-refractivity contribution in [2.24, 2.45) is 0 Å². The molecule has 118 valence electrons. The Kier molecular flexibility index (Phi) is 4.09. The number of hydrogen-bond acceptors (Lipinski definition) is 4. The van der Waals surface area contributed by atoms with Gasteiger partial charge in [0.15, 0.2) is 8.32 Å². The average Bonchev–Trinajstić information content (AvgIpc) is 2.93. The average molecular weight is 329 g/mol. The van der Waals surface area contributed by atoms with Crippen molar-refractivity contribution < 1.29 is 17.6 Å². The highest BCUT2D eigenvalue weighted by Gasteiger charge is 2.70. The molecular formula is C14H23NO4SSi. The molecular weight excluding hydrogens is 306 g/mol. The third-order valence-electron chi connectivity index (χ3n) is 3.44. The van der Waals surface area contributed by atoms with E-state index in [1.54, 1.807) is 31.2 Å². The predicted octanol–water partition coefficient (Wildman–Crippen LogP) is 2.54. The van der Waals surface area contributed by atoms with Gasteiger partial charge in [0.25, 0.3) is 5.91 Å². The van der Waals surface area contributed by atoms with Crippen LogP contribution in [-0.2, 0) is 19.2 Å². The standard InChI is InChI=1S/C14H23NO4SSi/c1-11-7-9-13(10-8-11)20(16,17)15-12(2)14(15,18-3)19-21(4,5)6/h7-10,12H,1-6H3. The van der Waals surface area contributed by atoms with E-state index < -0.39 is 24.3 Å². The van der Waals surface area contributed by atoms with Crippen LogP contribution in [-0.4, -0.2) is 40.1 Å². The molecule has 0 aliphatic carbocycles. The first-order chi connectivity index (χ1) is 9.54. The lowest BCUT2D eigenvalue weighted by molar-refractivity contribution is -0.113. The third kappa shape index (κ3) is 2.93. The summed E-state index contributed by atoms with van der Waals surface area (Å²) in [5, 5.41) is 0. The summed E-state index contributed by atoms with van der Waals surface area (Å²) < 4.78 is 38.3. The number of nitrogens with zero attached hydrogens (tertiary/aromatic N) is 1. The van der Waals surface area contributed by atoms with Crippen molar-refractivity contribution in [3.8, 4) is 0 Å². The SMILES string of the molecule is COC1(O[Si](C)(C)C)C(C)N1S(=O)(=O)c1ccc(C)cc1. The molecule has 1 saturated heterocycles. The van der Waals surface area contributed by atoms with Gasteiger partial charge >= 0.3 is 0 Å². The Morgan fingerprint density at radius 3 is 2.14 bits per heavy atom. The molecule has 0 radical (unpaired) electrons. The zero-order chi connectivity index (χ0) is 16.1. The molecule has 5 nitrogen and oxygen atoms in total. The van der Waals surface area contributed by atoms with E-state index in [0.717, 1.165) is 5.56 Å². The lowest BCUT2D eigenvalue weighted by Gasteiger charge is -2.25. The molecule has 1 aliphatic heterocycles. The van der Waals surface area contributed by atoms with Crippen LogP contribution in [0.1, 0.15) is 12.5 Å². The molecule has 3 unspecified atom stereocenters. The number of methoxy groups -OCH3 is 1. The highest BCUT2D eigenvalue weighted by molar-refractivity contribution is 7.89. The topological polar surface area (TPSA) is 55.6 Å². The highest BCUT2D eigenvalue weighted by Crippen LogP contribution is 2.48. The van der Waals surface area contributed by atoms with E-state index in [1.807, 2.05) is 26.6 Å². The molecule has 21 heavy (non-hydrogen) atoms. The minimum absolute atomic E-state index is 0.262. The smallest absolute Gasteiger partial charge is 0.251 e. The first kappa shape index (κ1) is 16.6. The maximum Gasteiger partial charge on any atom is 0.251 e. The second-order valence-corrected chi connectivity index (χ2v) is 12.6. The van der Waals surface area contributed by atoms with Gasteiger partial charge in [-0.3, -0.25) is 0 Å². The molecule has 0 bridgehead atoms. The Morgan fingerprint density at radius 1 is 1.19 bits per heavy atom. The molecule has 0 N–H and O–H groups in total. The Labute approximate surface area is 128 Å². The van der Waals surface area contributed by atoms with Crippen LogP contribution in [0, 0.1) is 6.92 Å². The lowest BCUT2D eigenvalue weighted by Crippen LogP contribution is -2.39. The van der Waals surface area contributed by atoms with E-state index in [4.69, 9.17) is 9.16 Å². The summed E-state index contributed by atoms with van der Waals surface area (Å²) in [5.41, 5.74) is 1.02. The van der Waals surface area contributed by atoms with E-state index >= 15 is 0 Å². The Hall–Kier alpha value is -0.733. The molecule has 1 heterocycles. The first-order valence-corrected chi connectivity index (χ1v) is 11.8. The number of benzene rings is 1. The van der Waals surface area contributed by atoms with Crippen LogP contribution in [0.25, 0.3) is 0 Å². The van der Waals surface area contributed by atoms with Gasteiger partial charge in [-0.2, -0.15) is 0 Å². The van der Waals surface area contributed by atoms with E-state index in [-0.39, 0.29) is 10.9 Å². The van der Waals surface area contributed by atoms with Gasteiger partial charge in [0.2, 0.25) is 10.0 Å². The van der Waals surface area contributed by atoms with E-state index in [0.29, 0.717) is 0 Å². The van der Waals surface area contributed by atoms with Crippen molar-refractivity contribution in [3.05, 3.63) is 29.8 Å².